The molecule has 18 heavy (non-hydrogen) atoms. The number of benzene rings is 1. The highest BCUT2D eigenvalue weighted by Crippen LogP contribution is 2.26. The summed E-state index contributed by atoms with van der Waals surface area (Å²) in [7, 11) is -3.66. The minimum absolute atomic E-state index is 0.128. The second-order valence-electron chi connectivity index (χ2n) is 4.59. The van der Waals surface area contributed by atoms with Gasteiger partial charge in [0.25, 0.3) is 0 Å². The fourth-order valence-electron chi connectivity index (χ4n) is 2.35. The summed E-state index contributed by atoms with van der Waals surface area (Å²) >= 11 is 0. The molecule has 0 aromatic heterocycles. The minimum atomic E-state index is -3.66. The van der Waals surface area contributed by atoms with Crippen LogP contribution in [-0.2, 0) is 16.6 Å². The monoisotopic (exact) mass is 269 g/mol. The van der Waals surface area contributed by atoms with Crippen molar-refractivity contribution in [1.82, 2.24) is 0 Å². The first-order valence-electron chi connectivity index (χ1n) is 6.13. The summed E-state index contributed by atoms with van der Waals surface area (Å²) in [5, 5.41) is 5.13. The van der Waals surface area contributed by atoms with E-state index in [1.165, 1.54) is 19.3 Å². The van der Waals surface area contributed by atoms with Gasteiger partial charge in [0.05, 0.1) is 4.90 Å². The Morgan fingerprint density at radius 1 is 1.17 bits per heavy atom. The van der Waals surface area contributed by atoms with E-state index in [9.17, 15) is 8.42 Å². The van der Waals surface area contributed by atoms with E-state index in [2.05, 4.69) is 4.90 Å². The lowest BCUT2D eigenvalue weighted by Gasteiger charge is -2.30. The SMILES string of the molecule is NCc1cc(S(N)(=O)=O)ccc1N1CCCCC1. The van der Waals surface area contributed by atoms with Crippen LogP contribution in [0.2, 0.25) is 0 Å². The van der Waals surface area contributed by atoms with Gasteiger partial charge in [-0.05, 0) is 43.0 Å². The topological polar surface area (TPSA) is 89.4 Å². The number of rotatable bonds is 3. The second kappa shape index (κ2) is 5.26. The van der Waals surface area contributed by atoms with Crippen LogP contribution in [0.5, 0.6) is 0 Å². The highest BCUT2D eigenvalue weighted by molar-refractivity contribution is 7.89. The summed E-state index contributed by atoms with van der Waals surface area (Å²) in [5.74, 6) is 0. The maximum Gasteiger partial charge on any atom is 0.238 e. The van der Waals surface area contributed by atoms with Gasteiger partial charge in [0.1, 0.15) is 0 Å². The molecule has 1 aliphatic heterocycles. The van der Waals surface area contributed by atoms with Crippen LogP contribution in [0.3, 0.4) is 0 Å². The molecule has 1 heterocycles. The first-order valence-corrected chi connectivity index (χ1v) is 7.68. The van der Waals surface area contributed by atoms with Gasteiger partial charge < -0.3 is 10.6 Å². The molecule has 5 nitrogen and oxygen atoms in total. The van der Waals surface area contributed by atoms with E-state index in [1.807, 2.05) is 6.07 Å². The summed E-state index contributed by atoms with van der Waals surface area (Å²) < 4.78 is 22.6. The Balaban J connectivity index is 2.36. The molecule has 6 heteroatoms. The molecule has 2 rings (SSSR count). The van der Waals surface area contributed by atoms with Crippen molar-refractivity contribution in [3.63, 3.8) is 0 Å². The average Bonchev–Trinajstić information content (AvgIpc) is 2.38. The number of hydrogen-bond donors (Lipinski definition) is 2. The quantitative estimate of drug-likeness (QED) is 0.848. The lowest BCUT2D eigenvalue weighted by Crippen LogP contribution is -2.30. The van der Waals surface area contributed by atoms with Gasteiger partial charge in [-0.3, -0.25) is 0 Å². The molecule has 0 amide bonds. The maximum absolute atomic E-state index is 11.3. The highest BCUT2D eigenvalue weighted by Gasteiger charge is 2.16. The first-order chi connectivity index (χ1) is 8.52. The molecule has 1 aromatic carbocycles. The third-order valence-electron chi connectivity index (χ3n) is 3.30. The molecule has 100 valence electrons. The van der Waals surface area contributed by atoms with Crippen LogP contribution >= 0.6 is 0 Å². The van der Waals surface area contributed by atoms with Gasteiger partial charge in [-0.25, -0.2) is 13.6 Å². The van der Waals surface area contributed by atoms with E-state index < -0.39 is 10.0 Å². The number of piperidine rings is 1. The lowest BCUT2D eigenvalue weighted by atomic mass is 10.1. The molecule has 1 aliphatic rings. The van der Waals surface area contributed by atoms with Gasteiger partial charge in [-0.2, -0.15) is 0 Å². The van der Waals surface area contributed by atoms with Gasteiger partial charge in [0.15, 0.2) is 0 Å². The van der Waals surface area contributed by atoms with E-state index >= 15 is 0 Å². The highest BCUT2D eigenvalue weighted by atomic mass is 32.2. The summed E-state index contributed by atoms with van der Waals surface area (Å²) in [6, 6.07) is 4.95. The van der Waals surface area contributed by atoms with Crippen LogP contribution in [-0.4, -0.2) is 21.5 Å². The Morgan fingerprint density at radius 3 is 2.39 bits per heavy atom. The van der Waals surface area contributed by atoms with E-state index in [0.717, 1.165) is 24.3 Å². The summed E-state index contributed by atoms with van der Waals surface area (Å²) in [4.78, 5) is 2.39. The molecule has 0 saturated carbocycles. The van der Waals surface area contributed by atoms with Crippen molar-refractivity contribution in [1.29, 1.82) is 0 Å². The molecule has 0 atom stereocenters. The minimum Gasteiger partial charge on any atom is -0.371 e. The lowest BCUT2D eigenvalue weighted by molar-refractivity contribution is 0.576. The van der Waals surface area contributed by atoms with Crippen molar-refractivity contribution < 1.29 is 8.42 Å². The molecule has 4 N–H and O–H groups in total. The van der Waals surface area contributed by atoms with E-state index in [4.69, 9.17) is 10.9 Å². The average molecular weight is 269 g/mol. The van der Waals surface area contributed by atoms with Crippen LogP contribution < -0.4 is 15.8 Å². The van der Waals surface area contributed by atoms with Crippen molar-refractivity contribution in [2.45, 2.75) is 30.7 Å². The standard InChI is InChI=1S/C12H19N3O2S/c13-9-10-8-11(18(14,16)17)4-5-12(10)15-6-2-1-3-7-15/h4-5,8H,1-3,6-7,9,13H2,(H2,14,16,17). The fraction of sp³-hybridized carbons (Fsp3) is 0.500. The van der Waals surface area contributed by atoms with E-state index in [-0.39, 0.29) is 4.90 Å². The Labute approximate surface area is 108 Å². The van der Waals surface area contributed by atoms with E-state index in [1.54, 1.807) is 12.1 Å². The molecule has 0 unspecified atom stereocenters. The van der Waals surface area contributed by atoms with Gasteiger partial charge in [-0.1, -0.05) is 0 Å². The normalized spacial score (nSPS) is 16.9. The predicted octanol–water partition coefficient (Wildman–Crippen LogP) is 0.783. The van der Waals surface area contributed by atoms with Gasteiger partial charge >= 0.3 is 0 Å². The van der Waals surface area contributed by atoms with E-state index in [0.29, 0.717) is 6.54 Å². The third kappa shape index (κ3) is 2.82. The van der Waals surface area contributed by atoms with Crippen molar-refractivity contribution in [3.05, 3.63) is 23.8 Å². The first kappa shape index (κ1) is 13.3. The fourth-order valence-corrected chi connectivity index (χ4v) is 2.91. The maximum atomic E-state index is 11.3. The van der Waals surface area contributed by atoms with Crippen molar-refractivity contribution >= 4 is 15.7 Å². The van der Waals surface area contributed by atoms with Crippen molar-refractivity contribution in [3.8, 4) is 0 Å². The zero-order chi connectivity index (χ0) is 13.2. The molecule has 1 aromatic rings. The molecular weight excluding hydrogens is 250 g/mol. The summed E-state index contributed by atoms with van der Waals surface area (Å²) in [6.45, 7) is 2.32. The Bertz CT molecular complexity index is 522. The van der Waals surface area contributed by atoms with Crippen LogP contribution in [0.15, 0.2) is 23.1 Å². The predicted molar refractivity (Wildman–Crippen MR) is 71.8 cm³/mol. The van der Waals surface area contributed by atoms with Crippen molar-refractivity contribution in [2.24, 2.45) is 10.9 Å². The molecule has 0 aliphatic carbocycles. The van der Waals surface area contributed by atoms with Crippen LogP contribution in [0.25, 0.3) is 0 Å². The number of nitrogens with two attached hydrogens (primary N) is 2. The van der Waals surface area contributed by atoms with Gasteiger partial charge in [-0.15, -0.1) is 0 Å². The zero-order valence-corrected chi connectivity index (χ0v) is 11.1. The number of primary sulfonamides is 1. The Hall–Kier alpha value is -1.11. The second-order valence-corrected chi connectivity index (χ2v) is 6.15. The number of nitrogens with zero attached hydrogens (tertiary/aromatic N) is 1. The molecule has 1 fully saturated rings. The van der Waals surface area contributed by atoms with Crippen LogP contribution in [0, 0.1) is 0 Å². The van der Waals surface area contributed by atoms with Gasteiger partial charge in [0.2, 0.25) is 10.0 Å². The molecule has 1 saturated heterocycles. The smallest absolute Gasteiger partial charge is 0.238 e. The number of anilines is 1. The van der Waals surface area contributed by atoms with Crippen LogP contribution in [0.1, 0.15) is 24.8 Å². The van der Waals surface area contributed by atoms with Crippen molar-refractivity contribution in [2.75, 3.05) is 18.0 Å². The number of sulfonamides is 1. The van der Waals surface area contributed by atoms with Crippen LogP contribution in [0.4, 0.5) is 5.69 Å². The third-order valence-corrected chi connectivity index (χ3v) is 4.21. The summed E-state index contributed by atoms with van der Waals surface area (Å²) in [5.41, 5.74) is 7.58. The zero-order valence-electron chi connectivity index (χ0n) is 10.3. The Kier molecular flexibility index (Phi) is 3.89. The molecule has 0 radical (unpaired) electrons. The number of hydrogen-bond acceptors (Lipinski definition) is 4. The summed E-state index contributed by atoms with van der Waals surface area (Å²) in [6.07, 6.45) is 3.59. The largest absolute Gasteiger partial charge is 0.371 e. The molecule has 0 spiro atoms. The molecular formula is C12H19N3O2S. The Morgan fingerprint density at radius 2 is 1.83 bits per heavy atom. The molecule has 0 bridgehead atoms. The van der Waals surface area contributed by atoms with Gasteiger partial charge in [0, 0.05) is 25.3 Å².